The van der Waals surface area contributed by atoms with Crippen molar-refractivity contribution in [2.75, 3.05) is 6.54 Å². The first-order valence-corrected chi connectivity index (χ1v) is 8.18. The number of nitrogens with one attached hydrogen (secondary N) is 1. The first-order chi connectivity index (χ1) is 8.61. The molecule has 1 N–H and O–H groups in total. The molecule has 1 heterocycles. The van der Waals surface area contributed by atoms with Crippen molar-refractivity contribution in [1.29, 1.82) is 0 Å². The summed E-state index contributed by atoms with van der Waals surface area (Å²) in [6.45, 7) is 5.20. The lowest BCUT2D eigenvalue weighted by Gasteiger charge is -2.19. The third-order valence-electron chi connectivity index (χ3n) is 2.76. The average molecular weight is 392 g/mol. The molecule has 1 nitrogen and oxygen atoms in total. The van der Waals surface area contributed by atoms with E-state index in [4.69, 9.17) is 11.6 Å². The Balaban J connectivity index is 2.44. The van der Waals surface area contributed by atoms with Crippen LogP contribution >= 0.6 is 45.5 Å². The number of halogens is 2. The number of benzene rings is 1. The minimum atomic E-state index is 0.227. The minimum Gasteiger partial charge on any atom is -0.306 e. The van der Waals surface area contributed by atoms with Gasteiger partial charge in [-0.3, -0.25) is 0 Å². The predicted molar refractivity (Wildman–Crippen MR) is 88.7 cm³/mol. The Morgan fingerprint density at radius 3 is 2.78 bits per heavy atom. The van der Waals surface area contributed by atoms with Gasteiger partial charge in [-0.05, 0) is 76.8 Å². The Morgan fingerprint density at radius 1 is 1.39 bits per heavy atom. The number of thiophene rings is 1. The molecule has 0 spiro atoms. The van der Waals surface area contributed by atoms with E-state index in [2.05, 4.69) is 65.3 Å². The molecule has 0 saturated carbocycles. The molecule has 2 aromatic rings. The van der Waals surface area contributed by atoms with Crippen LogP contribution in [-0.2, 0) is 0 Å². The van der Waals surface area contributed by atoms with Crippen LogP contribution in [0.5, 0.6) is 0 Å². The van der Waals surface area contributed by atoms with E-state index >= 15 is 0 Å². The van der Waals surface area contributed by atoms with Crippen molar-refractivity contribution in [3.63, 3.8) is 0 Å². The zero-order chi connectivity index (χ0) is 13.1. The van der Waals surface area contributed by atoms with E-state index in [1.165, 1.54) is 19.6 Å². The summed E-state index contributed by atoms with van der Waals surface area (Å²) in [6.07, 6.45) is 0. The van der Waals surface area contributed by atoms with E-state index in [0.29, 0.717) is 0 Å². The van der Waals surface area contributed by atoms with Crippen molar-refractivity contribution in [2.24, 2.45) is 0 Å². The van der Waals surface area contributed by atoms with E-state index in [1.807, 2.05) is 6.07 Å². The Kier molecular flexibility index (Phi) is 5.06. The quantitative estimate of drug-likeness (QED) is 0.722. The lowest BCUT2D eigenvalue weighted by Crippen LogP contribution is -2.22. The molecule has 0 aliphatic carbocycles. The number of hydrogen-bond acceptors (Lipinski definition) is 2. The summed E-state index contributed by atoms with van der Waals surface area (Å²) in [5.41, 5.74) is 2.57. The fourth-order valence-corrected chi connectivity index (χ4v) is 3.52. The monoisotopic (exact) mass is 391 g/mol. The second-order valence-electron chi connectivity index (χ2n) is 4.15. The summed E-state index contributed by atoms with van der Waals surface area (Å²) < 4.78 is 1.24. The van der Waals surface area contributed by atoms with Gasteiger partial charge >= 0.3 is 0 Å². The van der Waals surface area contributed by atoms with E-state index in [-0.39, 0.29) is 6.04 Å². The molecule has 4 heteroatoms. The Labute approximate surface area is 131 Å². The van der Waals surface area contributed by atoms with Gasteiger partial charge in [0.05, 0.1) is 6.04 Å². The highest BCUT2D eigenvalue weighted by atomic mass is 127. The maximum atomic E-state index is 6.13. The van der Waals surface area contributed by atoms with Crippen LogP contribution in [-0.4, -0.2) is 6.54 Å². The van der Waals surface area contributed by atoms with Gasteiger partial charge in [-0.1, -0.05) is 18.5 Å². The van der Waals surface area contributed by atoms with Crippen LogP contribution < -0.4 is 5.32 Å². The molecule has 0 radical (unpaired) electrons. The molecule has 18 heavy (non-hydrogen) atoms. The third kappa shape index (κ3) is 3.26. The molecule has 96 valence electrons. The zero-order valence-electron chi connectivity index (χ0n) is 10.3. The number of aryl methyl sites for hydroxylation is 1. The molecule has 0 saturated heterocycles. The van der Waals surface area contributed by atoms with Crippen LogP contribution in [0.4, 0.5) is 0 Å². The molecular weight excluding hydrogens is 377 g/mol. The normalized spacial score (nSPS) is 12.7. The molecule has 1 aromatic heterocycles. The Hall–Kier alpha value is -0.100. The SMILES string of the molecule is CCNC(c1csc(C)c1)c1cc(Cl)ccc1I. The maximum absolute atomic E-state index is 6.13. The highest BCUT2D eigenvalue weighted by molar-refractivity contribution is 14.1. The highest BCUT2D eigenvalue weighted by Crippen LogP contribution is 2.31. The summed E-state index contributed by atoms with van der Waals surface area (Å²) in [7, 11) is 0. The second kappa shape index (κ2) is 6.37. The van der Waals surface area contributed by atoms with Crippen LogP contribution in [0.2, 0.25) is 5.02 Å². The van der Waals surface area contributed by atoms with E-state index in [1.54, 1.807) is 11.3 Å². The van der Waals surface area contributed by atoms with Crippen molar-refractivity contribution in [3.8, 4) is 0 Å². The molecule has 0 fully saturated rings. The molecule has 1 unspecified atom stereocenters. The summed E-state index contributed by atoms with van der Waals surface area (Å²) in [4.78, 5) is 1.34. The fourth-order valence-electron chi connectivity index (χ4n) is 1.96. The standard InChI is InChI=1S/C14H15ClINS/c1-3-17-14(10-6-9(2)18-8-10)12-7-11(15)4-5-13(12)16/h4-8,14,17H,3H2,1-2H3. The maximum Gasteiger partial charge on any atom is 0.0595 e. The van der Waals surface area contributed by atoms with Crippen molar-refractivity contribution < 1.29 is 0 Å². The fraction of sp³-hybridized carbons (Fsp3) is 0.286. The van der Waals surface area contributed by atoms with Crippen LogP contribution in [0.25, 0.3) is 0 Å². The van der Waals surface area contributed by atoms with E-state index < -0.39 is 0 Å². The van der Waals surface area contributed by atoms with Crippen LogP contribution in [0, 0.1) is 10.5 Å². The number of rotatable bonds is 4. The van der Waals surface area contributed by atoms with Gasteiger partial charge in [0.25, 0.3) is 0 Å². The predicted octanol–water partition coefficient (Wildman–Crippen LogP) is 5.01. The third-order valence-corrected chi connectivity index (χ3v) is 4.86. The molecular formula is C14H15ClINS. The lowest BCUT2D eigenvalue weighted by atomic mass is 10.0. The van der Waals surface area contributed by atoms with E-state index in [9.17, 15) is 0 Å². The molecule has 0 aliphatic rings. The average Bonchev–Trinajstić information content (AvgIpc) is 2.76. The van der Waals surface area contributed by atoms with Gasteiger partial charge in [-0.15, -0.1) is 11.3 Å². The Morgan fingerprint density at radius 2 is 2.17 bits per heavy atom. The van der Waals surface area contributed by atoms with Gasteiger partial charge < -0.3 is 5.32 Å². The van der Waals surface area contributed by atoms with Crippen LogP contribution in [0.1, 0.15) is 29.0 Å². The number of hydrogen-bond donors (Lipinski definition) is 1. The van der Waals surface area contributed by atoms with Gasteiger partial charge in [0.1, 0.15) is 0 Å². The first kappa shape index (κ1) is 14.3. The first-order valence-electron chi connectivity index (χ1n) is 5.85. The second-order valence-corrected chi connectivity index (χ2v) is 6.86. The molecule has 1 atom stereocenters. The van der Waals surface area contributed by atoms with Gasteiger partial charge in [-0.2, -0.15) is 0 Å². The van der Waals surface area contributed by atoms with Gasteiger partial charge in [0.2, 0.25) is 0 Å². The van der Waals surface area contributed by atoms with Crippen molar-refractivity contribution in [2.45, 2.75) is 19.9 Å². The van der Waals surface area contributed by atoms with Gasteiger partial charge in [-0.25, -0.2) is 0 Å². The topological polar surface area (TPSA) is 12.0 Å². The van der Waals surface area contributed by atoms with E-state index in [0.717, 1.165) is 11.6 Å². The van der Waals surface area contributed by atoms with Crippen LogP contribution in [0.3, 0.4) is 0 Å². The van der Waals surface area contributed by atoms with Gasteiger partial charge in [0, 0.05) is 13.5 Å². The smallest absolute Gasteiger partial charge is 0.0595 e. The zero-order valence-corrected chi connectivity index (χ0v) is 14.1. The Bertz CT molecular complexity index is 538. The van der Waals surface area contributed by atoms with Crippen LogP contribution in [0.15, 0.2) is 29.6 Å². The van der Waals surface area contributed by atoms with Gasteiger partial charge in [0.15, 0.2) is 0 Å². The molecule has 0 aliphatic heterocycles. The van der Waals surface area contributed by atoms with Crippen molar-refractivity contribution in [3.05, 3.63) is 54.2 Å². The highest BCUT2D eigenvalue weighted by Gasteiger charge is 2.17. The molecule has 0 bridgehead atoms. The molecule has 1 aromatic carbocycles. The summed E-state index contributed by atoms with van der Waals surface area (Å²) in [6, 6.07) is 8.54. The summed E-state index contributed by atoms with van der Waals surface area (Å²) in [5, 5.41) is 6.55. The lowest BCUT2D eigenvalue weighted by molar-refractivity contribution is 0.630. The van der Waals surface area contributed by atoms with Crippen molar-refractivity contribution >= 4 is 45.5 Å². The van der Waals surface area contributed by atoms with Crippen molar-refractivity contribution in [1.82, 2.24) is 5.32 Å². The summed E-state index contributed by atoms with van der Waals surface area (Å²) >= 11 is 10.3. The molecule has 0 amide bonds. The largest absolute Gasteiger partial charge is 0.306 e. The summed E-state index contributed by atoms with van der Waals surface area (Å²) in [5.74, 6) is 0. The minimum absolute atomic E-state index is 0.227. The molecule has 2 rings (SSSR count).